The number of rotatable bonds is 2. The van der Waals surface area contributed by atoms with Gasteiger partial charge in [-0.2, -0.15) is 0 Å². The number of hydrogen-bond donors (Lipinski definition) is 0. The molecule has 3 heterocycles. The van der Waals surface area contributed by atoms with Crippen LogP contribution < -0.4 is 0 Å². The van der Waals surface area contributed by atoms with Gasteiger partial charge in [0.2, 0.25) is 0 Å². The first kappa shape index (κ1) is 21.2. The molecule has 0 atom stereocenters. The Hall–Kier alpha value is -4.96. The van der Waals surface area contributed by atoms with Crippen molar-refractivity contribution in [1.82, 2.24) is 14.6 Å². The Balaban J connectivity index is 1.36. The second-order valence-electron chi connectivity index (χ2n) is 10.0. The maximum absolute atomic E-state index is 6.36. The molecular weight excluding hydrogens is 466 g/mol. The molecule has 180 valence electrons. The quantitative estimate of drug-likeness (QED) is 0.228. The van der Waals surface area contributed by atoms with Crippen LogP contribution >= 0.6 is 0 Å². The molecule has 0 fully saturated rings. The summed E-state index contributed by atoms with van der Waals surface area (Å²) in [7, 11) is 0. The van der Waals surface area contributed by atoms with E-state index in [0.717, 1.165) is 61.0 Å². The summed E-state index contributed by atoms with van der Waals surface area (Å²) in [5, 5.41) is 15.1. The number of allylic oxidation sites excluding steroid dienone is 5. The lowest BCUT2D eigenvalue weighted by Gasteiger charge is -2.21. The number of aromatic nitrogens is 3. The van der Waals surface area contributed by atoms with E-state index in [0.29, 0.717) is 6.42 Å². The number of pyridine rings is 1. The third kappa shape index (κ3) is 2.86. The van der Waals surface area contributed by atoms with Crippen molar-refractivity contribution >= 4 is 60.4 Å². The Kier molecular flexibility index (Phi) is 4.32. The van der Waals surface area contributed by atoms with Crippen LogP contribution in [0, 0.1) is 0 Å². The van der Waals surface area contributed by atoms with Crippen molar-refractivity contribution in [2.45, 2.75) is 13.3 Å². The smallest absolute Gasteiger partial charge is 0.169 e. The highest BCUT2D eigenvalue weighted by Gasteiger charge is 2.24. The standard InChI is InChI=1S/C34H23N3O/c1-20-19-29(21(2)18-28(20)26-15-9-14-25-24-12-6-8-17-31(24)38-32(25)26)34-36-35-33-27-13-4-3-10-22(27)23-11-5-7-16-30(23)37(33)34/h3-17,19H,2,18H2,1H3. The Bertz CT molecular complexity index is 2190. The summed E-state index contributed by atoms with van der Waals surface area (Å²) in [5.74, 6) is 0.826. The molecule has 4 aromatic carbocycles. The molecule has 38 heavy (non-hydrogen) atoms. The molecule has 4 heteroatoms. The average molecular weight is 490 g/mol. The van der Waals surface area contributed by atoms with Crippen LogP contribution in [-0.4, -0.2) is 14.6 Å². The van der Waals surface area contributed by atoms with Gasteiger partial charge in [-0.1, -0.05) is 85.4 Å². The molecular formula is C34H23N3O. The minimum Gasteiger partial charge on any atom is -0.455 e. The molecule has 0 radical (unpaired) electrons. The van der Waals surface area contributed by atoms with Crippen LogP contribution in [0.2, 0.25) is 0 Å². The first-order valence-corrected chi connectivity index (χ1v) is 12.8. The minimum atomic E-state index is 0.717. The van der Waals surface area contributed by atoms with E-state index in [-0.39, 0.29) is 0 Å². The van der Waals surface area contributed by atoms with E-state index in [1.165, 1.54) is 21.9 Å². The minimum absolute atomic E-state index is 0.717. The van der Waals surface area contributed by atoms with Crippen LogP contribution in [0.1, 0.15) is 24.7 Å². The van der Waals surface area contributed by atoms with Crippen LogP contribution in [0.25, 0.3) is 60.4 Å². The lowest BCUT2D eigenvalue weighted by atomic mass is 9.85. The third-order valence-corrected chi connectivity index (χ3v) is 7.84. The first-order valence-electron chi connectivity index (χ1n) is 12.8. The van der Waals surface area contributed by atoms with Gasteiger partial charge in [0.15, 0.2) is 11.5 Å². The monoisotopic (exact) mass is 489 g/mol. The highest BCUT2D eigenvalue weighted by Crippen LogP contribution is 2.42. The molecule has 4 nitrogen and oxygen atoms in total. The van der Waals surface area contributed by atoms with E-state index >= 15 is 0 Å². The Morgan fingerprint density at radius 1 is 0.737 bits per heavy atom. The predicted octanol–water partition coefficient (Wildman–Crippen LogP) is 8.75. The normalized spacial score (nSPS) is 14.4. The van der Waals surface area contributed by atoms with Crippen molar-refractivity contribution in [3.05, 3.63) is 126 Å². The van der Waals surface area contributed by atoms with E-state index < -0.39 is 0 Å². The van der Waals surface area contributed by atoms with Gasteiger partial charge in [0, 0.05) is 32.7 Å². The van der Waals surface area contributed by atoms with Crippen LogP contribution in [0.5, 0.6) is 0 Å². The van der Waals surface area contributed by atoms with Gasteiger partial charge in [-0.05, 0) is 53.7 Å². The molecule has 0 amide bonds. The Labute approximate surface area is 218 Å². The number of fused-ring (bicyclic) bond motifs is 9. The number of para-hydroxylation sites is 3. The molecule has 8 rings (SSSR count). The zero-order valence-electron chi connectivity index (χ0n) is 20.9. The van der Waals surface area contributed by atoms with Gasteiger partial charge < -0.3 is 4.42 Å². The molecule has 1 aliphatic carbocycles. The summed E-state index contributed by atoms with van der Waals surface area (Å²) in [5.41, 5.74) is 9.37. The lowest BCUT2D eigenvalue weighted by molar-refractivity contribution is 0.667. The summed E-state index contributed by atoms with van der Waals surface area (Å²) >= 11 is 0. The van der Waals surface area contributed by atoms with Crippen molar-refractivity contribution in [3.63, 3.8) is 0 Å². The Morgan fingerprint density at radius 2 is 1.45 bits per heavy atom. The van der Waals surface area contributed by atoms with Gasteiger partial charge in [-0.25, -0.2) is 0 Å². The van der Waals surface area contributed by atoms with Crippen molar-refractivity contribution < 1.29 is 4.42 Å². The topological polar surface area (TPSA) is 43.3 Å². The van der Waals surface area contributed by atoms with E-state index in [9.17, 15) is 0 Å². The summed E-state index contributed by atoms with van der Waals surface area (Å²) < 4.78 is 8.54. The molecule has 0 unspecified atom stereocenters. The fourth-order valence-corrected chi connectivity index (χ4v) is 6.04. The molecule has 0 N–H and O–H groups in total. The molecule has 0 saturated heterocycles. The van der Waals surface area contributed by atoms with Crippen LogP contribution in [-0.2, 0) is 0 Å². The SMILES string of the molecule is C=C1CC(c2cccc3c2oc2ccccc23)=C(C)C=C1c1nnc2c3ccccc3c3ccccc3n12. The third-order valence-electron chi connectivity index (χ3n) is 7.84. The van der Waals surface area contributed by atoms with Gasteiger partial charge >= 0.3 is 0 Å². The van der Waals surface area contributed by atoms with E-state index in [4.69, 9.17) is 9.52 Å². The molecule has 0 spiro atoms. The summed E-state index contributed by atoms with van der Waals surface area (Å²) in [6.07, 6.45) is 2.93. The van der Waals surface area contributed by atoms with E-state index in [2.05, 4.69) is 108 Å². The summed E-state index contributed by atoms with van der Waals surface area (Å²) in [6, 6.07) is 31.5. The second kappa shape index (κ2) is 7.77. The van der Waals surface area contributed by atoms with Gasteiger partial charge in [-0.3, -0.25) is 4.40 Å². The largest absolute Gasteiger partial charge is 0.455 e. The van der Waals surface area contributed by atoms with Gasteiger partial charge in [-0.15, -0.1) is 10.2 Å². The molecule has 1 aliphatic rings. The average Bonchev–Trinajstić information content (AvgIpc) is 3.57. The highest BCUT2D eigenvalue weighted by molar-refractivity contribution is 6.12. The number of hydrogen-bond acceptors (Lipinski definition) is 3. The van der Waals surface area contributed by atoms with E-state index in [1.807, 2.05) is 12.1 Å². The van der Waals surface area contributed by atoms with Crippen LogP contribution in [0.4, 0.5) is 0 Å². The van der Waals surface area contributed by atoms with Gasteiger partial charge in [0.1, 0.15) is 11.2 Å². The fourth-order valence-electron chi connectivity index (χ4n) is 6.04. The maximum atomic E-state index is 6.36. The maximum Gasteiger partial charge on any atom is 0.169 e. The molecule has 7 aromatic rings. The molecule has 0 saturated carbocycles. The summed E-state index contributed by atoms with van der Waals surface area (Å²) in [4.78, 5) is 0. The molecule has 3 aromatic heterocycles. The molecule has 0 aliphatic heterocycles. The number of furan rings is 1. The molecule has 0 bridgehead atoms. The van der Waals surface area contributed by atoms with Crippen LogP contribution in [0.3, 0.4) is 0 Å². The van der Waals surface area contributed by atoms with Crippen molar-refractivity contribution in [1.29, 1.82) is 0 Å². The van der Waals surface area contributed by atoms with Crippen molar-refractivity contribution in [2.24, 2.45) is 0 Å². The zero-order chi connectivity index (χ0) is 25.4. The summed E-state index contributed by atoms with van der Waals surface area (Å²) in [6.45, 7) is 6.69. The van der Waals surface area contributed by atoms with Crippen molar-refractivity contribution in [2.75, 3.05) is 0 Å². The Morgan fingerprint density at radius 3 is 2.32 bits per heavy atom. The first-order chi connectivity index (χ1) is 18.7. The zero-order valence-corrected chi connectivity index (χ0v) is 20.9. The highest BCUT2D eigenvalue weighted by atomic mass is 16.3. The van der Waals surface area contributed by atoms with E-state index in [1.54, 1.807) is 0 Å². The second-order valence-corrected chi connectivity index (χ2v) is 10.0. The lowest BCUT2D eigenvalue weighted by Crippen LogP contribution is -2.04. The van der Waals surface area contributed by atoms with Gasteiger partial charge in [0.05, 0.1) is 5.52 Å². The fraction of sp³-hybridized carbons (Fsp3) is 0.0588. The van der Waals surface area contributed by atoms with Crippen molar-refractivity contribution in [3.8, 4) is 0 Å². The number of nitrogens with zero attached hydrogens (tertiary/aromatic N) is 3. The predicted molar refractivity (Wildman–Crippen MR) is 156 cm³/mol. The van der Waals surface area contributed by atoms with Crippen LogP contribution in [0.15, 0.2) is 119 Å². The van der Waals surface area contributed by atoms with Gasteiger partial charge in [0.25, 0.3) is 0 Å². The number of benzene rings is 4.